The molecule has 0 saturated carbocycles. The molecule has 0 amide bonds. The van der Waals surface area contributed by atoms with E-state index in [1.165, 1.54) is 7.11 Å². The molecule has 17 heavy (non-hydrogen) atoms. The number of hydrogen-bond acceptors (Lipinski definition) is 3. The molecule has 0 spiro atoms. The molecule has 1 rings (SSSR count). The second kappa shape index (κ2) is 7.77. The van der Waals surface area contributed by atoms with E-state index >= 15 is 0 Å². The molecule has 1 aromatic carbocycles. The van der Waals surface area contributed by atoms with E-state index in [9.17, 15) is 4.79 Å². The van der Waals surface area contributed by atoms with E-state index in [0.29, 0.717) is 0 Å². The number of hydrogen-bond donors (Lipinski definition) is 0. The summed E-state index contributed by atoms with van der Waals surface area (Å²) in [6.45, 7) is 2.12. The summed E-state index contributed by atoms with van der Waals surface area (Å²) in [6, 6.07) is 7.98. The number of esters is 1. The largest absolute Gasteiger partial charge is 0.468 e. The number of rotatable bonds is 6. The zero-order valence-corrected chi connectivity index (χ0v) is 12.5. The minimum Gasteiger partial charge on any atom is -0.468 e. The highest BCUT2D eigenvalue weighted by Gasteiger charge is 2.19. The average Bonchev–Trinajstić information content (AvgIpc) is 2.33. The average molecular weight is 317 g/mol. The van der Waals surface area contributed by atoms with E-state index < -0.39 is 0 Å². The van der Waals surface area contributed by atoms with Gasteiger partial charge in [-0.1, -0.05) is 41.8 Å². The molecule has 2 nitrogen and oxygen atoms in total. The Labute approximate surface area is 115 Å². The minimum atomic E-state index is -0.136. The van der Waals surface area contributed by atoms with Crippen molar-refractivity contribution in [1.29, 1.82) is 0 Å². The van der Waals surface area contributed by atoms with Crippen molar-refractivity contribution in [2.45, 2.75) is 36.3 Å². The maximum atomic E-state index is 11.7. The van der Waals surface area contributed by atoms with Crippen molar-refractivity contribution in [3.8, 4) is 0 Å². The molecule has 1 atom stereocenters. The Kier molecular flexibility index (Phi) is 6.66. The van der Waals surface area contributed by atoms with Crippen LogP contribution in [0.4, 0.5) is 0 Å². The van der Waals surface area contributed by atoms with Crippen molar-refractivity contribution in [2.24, 2.45) is 0 Å². The smallest absolute Gasteiger partial charge is 0.319 e. The van der Waals surface area contributed by atoms with Crippen LogP contribution in [0, 0.1) is 0 Å². The van der Waals surface area contributed by atoms with Crippen molar-refractivity contribution in [3.05, 3.63) is 28.7 Å². The lowest BCUT2D eigenvalue weighted by Gasteiger charge is -2.13. The van der Waals surface area contributed by atoms with Crippen LogP contribution in [-0.4, -0.2) is 18.3 Å². The molecular weight excluding hydrogens is 300 g/mol. The van der Waals surface area contributed by atoms with Crippen LogP contribution in [0.3, 0.4) is 0 Å². The topological polar surface area (TPSA) is 26.3 Å². The molecule has 0 fully saturated rings. The first-order chi connectivity index (χ1) is 8.17. The molecule has 1 unspecified atom stereocenters. The lowest BCUT2D eigenvalue weighted by molar-refractivity contribution is -0.140. The van der Waals surface area contributed by atoms with Crippen LogP contribution in [-0.2, 0) is 9.53 Å². The van der Waals surface area contributed by atoms with Gasteiger partial charge < -0.3 is 4.74 Å². The van der Waals surface area contributed by atoms with Gasteiger partial charge in [0.1, 0.15) is 5.25 Å². The Morgan fingerprint density at radius 3 is 2.88 bits per heavy atom. The van der Waals surface area contributed by atoms with Gasteiger partial charge in [0, 0.05) is 9.37 Å². The van der Waals surface area contributed by atoms with Crippen molar-refractivity contribution in [3.63, 3.8) is 0 Å². The fraction of sp³-hybridized carbons (Fsp3) is 0.462. The molecule has 0 aliphatic carbocycles. The summed E-state index contributed by atoms with van der Waals surface area (Å²) in [4.78, 5) is 12.7. The maximum Gasteiger partial charge on any atom is 0.319 e. The van der Waals surface area contributed by atoms with Gasteiger partial charge in [-0.3, -0.25) is 4.79 Å². The number of unbranched alkanes of at least 4 members (excludes halogenated alkanes) is 1. The van der Waals surface area contributed by atoms with Crippen LogP contribution in [0.1, 0.15) is 26.2 Å². The van der Waals surface area contributed by atoms with Gasteiger partial charge in [-0.25, -0.2) is 0 Å². The Morgan fingerprint density at radius 1 is 1.53 bits per heavy atom. The Balaban J connectivity index is 2.68. The minimum absolute atomic E-state index is 0.103. The molecular formula is C13H17BrO2S. The van der Waals surface area contributed by atoms with Crippen LogP contribution in [0.5, 0.6) is 0 Å². The predicted octanol–water partition coefficient (Wildman–Crippen LogP) is 4.27. The summed E-state index contributed by atoms with van der Waals surface area (Å²) in [5.74, 6) is -0.136. The van der Waals surface area contributed by atoms with Crippen LogP contribution < -0.4 is 0 Å². The first-order valence-corrected chi connectivity index (χ1v) is 7.34. The molecule has 0 heterocycles. The first kappa shape index (κ1) is 14.6. The van der Waals surface area contributed by atoms with Gasteiger partial charge in [0.25, 0.3) is 0 Å². The van der Waals surface area contributed by atoms with Gasteiger partial charge in [0.2, 0.25) is 0 Å². The molecule has 0 saturated heterocycles. The number of benzene rings is 1. The molecule has 4 heteroatoms. The third-order valence-electron chi connectivity index (χ3n) is 2.36. The molecule has 0 aliphatic heterocycles. The number of ether oxygens (including phenoxy) is 1. The molecule has 0 aliphatic rings. The summed E-state index contributed by atoms with van der Waals surface area (Å²) in [6.07, 6.45) is 2.99. The van der Waals surface area contributed by atoms with E-state index in [-0.39, 0.29) is 11.2 Å². The van der Waals surface area contributed by atoms with Gasteiger partial charge in [-0.2, -0.15) is 0 Å². The second-order valence-corrected chi connectivity index (χ2v) is 5.92. The first-order valence-electron chi connectivity index (χ1n) is 5.67. The molecule has 1 aromatic rings. The maximum absolute atomic E-state index is 11.7. The highest BCUT2D eigenvalue weighted by atomic mass is 79.9. The van der Waals surface area contributed by atoms with Crippen LogP contribution >= 0.6 is 27.7 Å². The summed E-state index contributed by atoms with van der Waals surface area (Å²) in [7, 11) is 1.45. The fourth-order valence-corrected chi connectivity index (χ4v) is 3.16. The monoisotopic (exact) mass is 316 g/mol. The lowest BCUT2D eigenvalue weighted by atomic mass is 10.2. The summed E-state index contributed by atoms with van der Waals surface area (Å²) in [5, 5.41) is -0.103. The predicted molar refractivity (Wildman–Crippen MR) is 75.3 cm³/mol. The number of carbonyl (C=O) groups is 1. The molecule has 0 bridgehead atoms. The van der Waals surface area contributed by atoms with E-state index in [2.05, 4.69) is 22.9 Å². The third kappa shape index (κ3) is 5.13. The van der Waals surface area contributed by atoms with Gasteiger partial charge in [0.15, 0.2) is 0 Å². The number of methoxy groups -OCH3 is 1. The number of halogens is 1. The summed E-state index contributed by atoms with van der Waals surface area (Å²) in [5.41, 5.74) is 0. The molecule has 0 N–H and O–H groups in total. The SMILES string of the molecule is CCCCC(Sc1cccc(Br)c1)C(=O)OC. The van der Waals surface area contributed by atoms with Crippen molar-refractivity contribution >= 4 is 33.7 Å². The fourth-order valence-electron chi connectivity index (χ4n) is 1.45. The quantitative estimate of drug-likeness (QED) is 0.579. The van der Waals surface area contributed by atoms with Gasteiger partial charge in [-0.15, -0.1) is 11.8 Å². The highest BCUT2D eigenvalue weighted by molar-refractivity contribution is 9.10. The van der Waals surface area contributed by atoms with Gasteiger partial charge >= 0.3 is 5.97 Å². The van der Waals surface area contributed by atoms with Gasteiger partial charge in [-0.05, 0) is 24.6 Å². The molecule has 94 valence electrons. The van der Waals surface area contributed by atoms with E-state index in [1.807, 2.05) is 24.3 Å². The highest BCUT2D eigenvalue weighted by Crippen LogP contribution is 2.29. The third-order valence-corrected chi connectivity index (χ3v) is 4.09. The number of thioether (sulfide) groups is 1. The zero-order chi connectivity index (χ0) is 12.7. The lowest BCUT2D eigenvalue weighted by Crippen LogP contribution is -2.18. The van der Waals surface area contributed by atoms with Gasteiger partial charge in [0.05, 0.1) is 7.11 Å². The van der Waals surface area contributed by atoms with Crippen LogP contribution in [0.15, 0.2) is 33.6 Å². The zero-order valence-electron chi connectivity index (χ0n) is 10.1. The van der Waals surface area contributed by atoms with Crippen LogP contribution in [0.2, 0.25) is 0 Å². The Hall–Kier alpha value is -0.480. The standard InChI is InChI=1S/C13H17BrO2S/c1-3-4-8-12(13(15)16-2)17-11-7-5-6-10(14)9-11/h5-7,9,12H,3-4,8H2,1-2H3. The van der Waals surface area contributed by atoms with Crippen molar-refractivity contribution in [1.82, 2.24) is 0 Å². The molecule has 0 aromatic heterocycles. The van der Waals surface area contributed by atoms with E-state index in [1.54, 1.807) is 11.8 Å². The van der Waals surface area contributed by atoms with E-state index in [0.717, 1.165) is 28.6 Å². The van der Waals surface area contributed by atoms with E-state index in [4.69, 9.17) is 4.74 Å². The summed E-state index contributed by atoms with van der Waals surface area (Å²) >= 11 is 5.00. The Morgan fingerprint density at radius 2 is 2.29 bits per heavy atom. The Bertz CT molecular complexity index is 368. The summed E-state index contributed by atoms with van der Waals surface area (Å²) < 4.78 is 5.87. The second-order valence-electron chi connectivity index (χ2n) is 3.73. The van der Waals surface area contributed by atoms with Crippen LogP contribution in [0.25, 0.3) is 0 Å². The van der Waals surface area contributed by atoms with Crippen molar-refractivity contribution < 1.29 is 9.53 Å². The number of carbonyl (C=O) groups excluding carboxylic acids is 1. The normalized spacial score (nSPS) is 12.2. The van der Waals surface area contributed by atoms with Crippen molar-refractivity contribution in [2.75, 3.05) is 7.11 Å². The molecule has 0 radical (unpaired) electrons.